The molecule has 0 aliphatic rings. The van der Waals surface area contributed by atoms with Crippen LogP contribution in [-0.4, -0.2) is 37.6 Å². The van der Waals surface area contributed by atoms with Crippen molar-refractivity contribution in [3.8, 4) is 0 Å². The number of anilines is 1. The first-order chi connectivity index (χ1) is 15.4. The number of nitrogens with one attached hydrogen (secondary N) is 1. The summed E-state index contributed by atoms with van der Waals surface area (Å²) in [6.07, 6.45) is 2.34. The minimum absolute atomic E-state index is 0.325. The van der Waals surface area contributed by atoms with E-state index in [1.807, 2.05) is 43.1 Å². The molecule has 166 valence electrons. The monoisotopic (exact) mass is 451 g/mol. The van der Waals surface area contributed by atoms with E-state index in [1.54, 1.807) is 24.3 Å². The highest BCUT2D eigenvalue weighted by atomic mass is 35.5. The van der Waals surface area contributed by atoms with Gasteiger partial charge in [0, 0.05) is 19.8 Å². The maximum Gasteiger partial charge on any atom is 0.338 e. The molecule has 0 saturated heterocycles. The molecule has 7 heteroatoms. The molecule has 0 spiro atoms. The van der Waals surface area contributed by atoms with Gasteiger partial charge in [0.25, 0.3) is 5.91 Å². The van der Waals surface area contributed by atoms with E-state index >= 15 is 0 Å². The highest BCUT2D eigenvalue weighted by Gasteiger charge is 2.22. The molecule has 2 aromatic carbocycles. The fraction of sp³-hybridized carbons (Fsp3) is 0.240. The Labute approximate surface area is 193 Å². The Kier molecular flexibility index (Phi) is 7.84. The van der Waals surface area contributed by atoms with Crippen LogP contribution >= 0.6 is 11.6 Å². The molecule has 1 aromatic heterocycles. The Hall–Kier alpha value is -3.38. The van der Waals surface area contributed by atoms with E-state index in [4.69, 9.17) is 16.3 Å². The molecule has 1 atom stereocenters. The van der Waals surface area contributed by atoms with Crippen LogP contribution < -0.4 is 10.2 Å². The number of aromatic nitrogens is 1. The van der Waals surface area contributed by atoms with Gasteiger partial charge in [0.1, 0.15) is 5.82 Å². The zero-order valence-corrected chi connectivity index (χ0v) is 19.1. The van der Waals surface area contributed by atoms with Crippen LogP contribution in [0.5, 0.6) is 0 Å². The van der Waals surface area contributed by atoms with Crippen LogP contribution in [0.1, 0.15) is 44.8 Å². The van der Waals surface area contributed by atoms with E-state index in [0.29, 0.717) is 34.1 Å². The summed E-state index contributed by atoms with van der Waals surface area (Å²) in [7, 11) is 3.23. The number of carbonyl (C=O) groups is 2. The predicted molar refractivity (Wildman–Crippen MR) is 126 cm³/mol. The molecular formula is C25H26ClN3O3. The highest BCUT2D eigenvalue weighted by Crippen LogP contribution is 2.24. The molecule has 0 aliphatic carbocycles. The molecule has 32 heavy (non-hydrogen) atoms. The third-order valence-electron chi connectivity index (χ3n) is 5.20. The molecule has 0 saturated carbocycles. The van der Waals surface area contributed by atoms with Crippen LogP contribution in [0.15, 0.2) is 66.9 Å². The first kappa shape index (κ1) is 23.3. The summed E-state index contributed by atoms with van der Waals surface area (Å²) in [5.41, 5.74) is 2.65. The zero-order chi connectivity index (χ0) is 23.1. The average molecular weight is 452 g/mol. The smallest absolute Gasteiger partial charge is 0.338 e. The van der Waals surface area contributed by atoms with Gasteiger partial charge in [0.2, 0.25) is 0 Å². The zero-order valence-electron chi connectivity index (χ0n) is 18.3. The maximum absolute atomic E-state index is 13.2. The Morgan fingerprint density at radius 3 is 2.50 bits per heavy atom. The summed E-state index contributed by atoms with van der Waals surface area (Å²) in [6, 6.07) is 18.3. The van der Waals surface area contributed by atoms with Gasteiger partial charge in [0.05, 0.1) is 29.3 Å². The van der Waals surface area contributed by atoms with Crippen molar-refractivity contribution in [1.29, 1.82) is 0 Å². The van der Waals surface area contributed by atoms with Crippen LogP contribution in [0.25, 0.3) is 0 Å². The van der Waals surface area contributed by atoms with Crippen molar-refractivity contribution < 1.29 is 14.3 Å². The topological polar surface area (TPSA) is 71.5 Å². The molecular weight excluding hydrogens is 426 g/mol. The van der Waals surface area contributed by atoms with Crippen molar-refractivity contribution in [3.63, 3.8) is 0 Å². The summed E-state index contributed by atoms with van der Waals surface area (Å²) >= 11 is 6.16. The van der Waals surface area contributed by atoms with E-state index in [0.717, 1.165) is 6.42 Å². The Balaban J connectivity index is 1.79. The predicted octanol–water partition coefficient (Wildman–Crippen LogP) is 4.69. The molecule has 1 N–H and O–H groups in total. The van der Waals surface area contributed by atoms with E-state index in [1.165, 1.54) is 18.9 Å². The summed E-state index contributed by atoms with van der Waals surface area (Å²) in [4.78, 5) is 31.6. The minimum atomic E-state index is -0.451. The number of likely N-dealkylation sites (N-methyl/N-ethyl adjacent to an activating group) is 1. The number of halogens is 1. The van der Waals surface area contributed by atoms with Gasteiger partial charge in [-0.15, -0.1) is 0 Å². The number of methoxy groups -OCH3 is 1. The molecule has 0 unspecified atom stereocenters. The lowest BCUT2D eigenvalue weighted by Gasteiger charge is -2.22. The first-order valence-electron chi connectivity index (χ1n) is 10.3. The van der Waals surface area contributed by atoms with Gasteiger partial charge in [-0.2, -0.15) is 0 Å². The molecule has 3 rings (SSSR count). The average Bonchev–Trinajstić information content (AvgIpc) is 2.82. The largest absolute Gasteiger partial charge is 0.465 e. The summed E-state index contributed by atoms with van der Waals surface area (Å²) in [6.45, 7) is 2.50. The molecule has 1 amide bonds. The molecule has 3 aromatic rings. The molecule has 0 aliphatic heterocycles. The van der Waals surface area contributed by atoms with Crippen LogP contribution in [-0.2, 0) is 11.2 Å². The van der Waals surface area contributed by atoms with Crippen molar-refractivity contribution in [2.75, 3.05) is 25.6 Å². The lowest BCUT2D eigenvalue weighted by atomic mass is 10.0. The minimum Gasteiger partial charge on any atom is -0.465 e. The molecule has 0 fully saturated rings. The third-order valence-corrected chi connectivity index (χ3v) is 5.41. The maximum atomic E-state index is 13.2. The fourth-order valence-corrected chi connectivity index (χ4v) is 3.63. The Morgan fingerprint density at radius 1 is 1.09 bits per heavy atom. The normalized spacial score (nSPS) is 11.5. The Morgan fingerprint density at radius 2 is 1.78 bits per heavy atom. The first-order valence-corrected chi connectivity index (χ1v) is 10.7. The lowest BCUT2D eigenvalue weighted by Crippen LogP contribution is -2.31. The lowest BCUT2D eigenvalue weighted by molar-refractivity contribution is 0.0597. The van der Waals surface area contributed by atoms with Gasteiger partial charge in [-0.05, 0) is 36.6 Å². The van der Waals surface area contributed by atoms with Crippen LogP contribution in [0.4, 0.5) is 5.82 Å². The van der Waals surface area contributed by atoms with Crippen LogP contribution in [0.2, 0.25) is 5.02 Å². The van der Waals surface area contributed by atoms with Crippen LogP contribution in [0.3, 0.4) is 0 Å². The van der Waals surface area contributed by atoms with E-state index in [9.17, 15) is 9.59 Å². The number of carbonyl (C=O) groups excluding carboxylic acids is 2. The number of amides is 1. The third kappa shape index (κ3) is 5.65. The fourth-order valence-electron chi connectivity index (χ4n) is 3.47. The quantitative estimate of drug-likeness (QED) is 0.503. The van der Waals surface area contributed by atoms with Gasteiger partial charge in [0.15, 0.2) is 0 Å². The number of hydrogen-bond acceptors (Lipinski definition) is 5. The van der Waals surface area contributed by atoms with Gasteiger partial charge in [-0.1, -0.05) is 60.1 Å². The number of ether oxygens (including phenoxy) is 1. The second-order valence-electron chi connectivity index (χ2n) is 7.46. The number of benzene rings is 2. The second-order valence-corrected chi connectivity index (χ2v) is 7.89. The molecule has 6 nitrogen and oxygen atoms in total. The van der Waals surface area contributed by atoms with Crippen molar-refractivity contribution in [2.45, 2.75) is 19.4 Å². The van der Waals surface area contributed by atoms with Crippen LogP contribution in [0, 0.1) is 0 Å². The number of esters is 1. The number of hydrogen-bond donors (Lipinski definition) is 1. The number of rotatable bonds is 8. The summed E-state index contributed by atoms with van der Waals surface area (Å²) < 4.78 is 4.86. The molecule has 0 bridgehead atoms. The van der Waals surface area contributed by atoms with Crippen molar-refractivity contribution >= 4 is 29.3 Å². The second kappa shape index (κ2) is 10.8. The van der Waals surface area contributed by atoms with E-state index < -0.39 is 12.0 Å². The Bertz CT molecular complexity index is 1090. The molecule has 0 radical (unpaired) electrons. The van der Waals surface area contributed by atoms with Gasteiger partial charge < -0.3 is 15.0 Å². The van der Waals surface area contributed by atoms with Crippen molar-refractivity contribution in [3.05, 3.63) is 94.1 Å². The summed E-state index contributed by atoms with van der Waals surface area (Å²) in [5, 5.41) is 3.33. The van der Waals surface area contributed by atoms with Crippen molar-refractivity contribution in [1.82, 2.24) is 10.3 Å². The van der Waals surface area contributed by atoms with Crippen molar-refractivity contribution in [2.24, 2.45) is 0 Å². The highest BCUT2D eigenvalue weighted by molar-refractivity contribution is 6.31. The van der Waals surface area contributed by atoms with E-state index in [2.05, 4.69) is 22.4 Å². The van der Waals surface area contributed by atoms with Gasteiger partial charge in [-0.25, -0.2) is 9.78 Å². The molecule has 1 heterocycles. The SMILES string of the molecule is COC(=O)c1ccccc1[C@H](C)NC(=O)c1cc(Cl)cnc1N(C)CCc1ccccc1. The van der Waals surface area contributed by atoms with Gasteiger partial charge >= 0.3 is 5.97 Å². The number of pyridine rings is 1. The summed E-state index contributed by atoms with van der Waals surface area (Å²) in [5.74, 6) is -0.238. The standard InChI is InChI=1S/C25H26ClN3O3/c1-17(20-11-7-8-12-21(20)25(31)32-3)28-24(30)22-15-19(26)16-27-23(22)29(2)14-13-18-9-5-4-6-10-18/h4-12,15-17H,13-14H2,1-3H3,(H,28,30)/t17-/m0/s1. The number of nitrogens with zero attached hydrogens (tertiary/aromatic N) is 2. The van der Waals surface area contributed by atoms with E-state index in [-0.39, 0.29) is 5.91 Å². The van der Waals surface area contributed by atoms with Gasteiger partial charge in [-0.3, -0.25) is 4.79 Å².